The molecule has 3 aromatic rings. The van der Waals surface area contributed by atoms with E-state index in [1.54, 1.807) is 24.3 Å². The van der Waals surface area contributed by atoms with Crippen molar-refractivity contribution in [2.75, 3.05) is 5.73 Å². The van der Waals surface area contributed by atoms with Crippen LogP contribution in [0.5, 0.6) is 0 Å². The number of nitro groups is 1. The average molecular weight is 375 g/mol. The first-order chi connectivity index (χ1) is 13.4. The summed E-state index contributed by atoms with van der Waals surface area (Å²) in [5, 5.41) is 23.1. The molecule has 4 rings (SSSR count). The Bertz CT molecular complexity index is 1080. The van der Waals surface area contributed by atoms with Crippen molar-refractivity contribution < 1.29 is 14.8 Å². The highest BCUT2D eigenvalue weighted by Crippen LogP contribution is 2.44. The quantitative estimate of drug-likeness (QED) is 0.414. The van der Waals surface area contributed by atoms with Crippen LogP contribution >= 0.6 is 0 Å². The lowest BCUT2D eigenvalue weighted by atomic mass is 9.93. The van der Waals surface area contributed by atoms with Crippen LogP contribution in [0, 0.1) is 10.1 Å². The maximum absolute atomic E-state index is 13.1. The van der Waals surface area contributed by atoms with Gasteiger partial charge in [-0.3, -0.25) is 19.8 Å². The highest BCUT2D eigenvalue weighted by Gasteiger charge is 2.50. The summed E-state index contributed by atoms with van der Waals surface area (Å²) in [6, 6.07) is 20.1. The first kappa shape index (κ1) is 17.7. The highest BCUT2D eigenvalue weighted by atomic mass is 16.6. The van der Waals surface area contributed by atoms with Crippen LogP contribution < -0.4 is 5.73 Å². The third kappa shape index (κ3) is 2.60. The van der Waals surface area contributed by atoms with Gasteiger partial charge < -0.3 is 10.8 Å². The van der Waals surface area contributed by atoms with Gasteiger partial charge in [-0.15, -0.1) is 0 Å². The van der Waals surface area contributed by atoms with Gasteiger partial charge in [0.1, 0.15) is 5.69 Å². The number of nitrogen functional groups attached to an aromatic ring is 1. The van der Waals surface area contributed by atoms with Crippen molar-refractivity contribution in [3.05, 3.63) is 105 Å². The number of fused-ring (bicyclic) bond motifs is 1. The number of nitrogens with two attached hydrogens (primary N) is 1. The molecule has 140 valence electrons. The Kier molecular flexibility index (Phi) is 4.09. The summed E-state index contributed by atoms with van der Waals surface area (Å²) >= 11 is 0. The monoisotopic (exact) mass is 375 g/mol. The summed E-state index contributed by atoms with van der Waals surface area (Å²) in [4.78, 5) is 25.1. The minimum absolute atomic E-state index is 0.00966. The lowest BCUT2D eigenvalue weighted by molar-refractivity contribution is -0.384. The fraction of sp³-hybridized carbons (Fsp3) is 0.0952. The standard InChI is InChI=1S/C21H17N3O4/c22-18-11-10-15(12-19(18)24(27)28)21(26)17-9-5-4-8-16(17)20(25)23(21)13-14-6-2-1-3-7-14/h1-12,26H,13,22H2/t21-/m1/s1. The number of nitro benzene ring substituents is 1. The van der Waals surface area contributed by atoms with E-state index in [1.807, 2.05) is 30.3 Å². The molecule has 1 heterocycles. The Labute approximate surface area is 160 Å². The fourth-order valence-corrected chi connectivity index (χ4v) is 3.59. The van der Waals surface area contributed by atoms with E-state index in [1.165, 1.54) is 23.1 Å². The Balaban J connectivity index is 1.90. The summed E-state index contributed by atoms with van der Waals surface area (Å²) in [7, 11) is 0. The second kappa shape index (κ2) is 6.47. The van der Waals surface area contributed by atoms with Crippen molar-refractivity contribution in [2.45, 2.75) is 12.3 Å². The molecule has 0 radical (unpaired) electrons. The summed E-state index contributed by atoms with van der Waals surface area (Å²) in [5.41, 5.74) is 5.32. The summed E-state index contributed by atoms with van der Waals surface area (Å²) in [6.07, 6.45) is 0. The van der Waals surface area contributed by atoms with Gasteiger partial charge in [0, 0.05) is 29.3 Å². The summed E-state index contributed by atoms with van der Waals surface area (Å²) in [5.74, 6) is -0.346. The second-order valence-corrected chi connectivity index (χ2v) is 6.63. The number of carbonyl (C=O) groups excluding carboxylic acids is 1. The van der Waals surface area contributed by atoms with Gasteiger partial charge in [-0.2, -0.15) is 0 Å². The van der Waals surface area contributed by atoms with Crippen molar-refractivity contribution >= 4 is 17.3 Å². The molecule has 0 fully saturated rings. The highest BCUT2D eigenvalue weighted by molar-refractivity contribution is 6.00. The lowest BCUT2D eigenvalue weighted by Gasteiger charge is -2.35. The zero-order valence-electron chi connectivity index (χ0n) is 14.8. The number of hydrogen-bond donors (Lipinski definition) is 2. The van der Waals surface area contributed by atoms with Gasteiger partial charge in [0.15, 0.2) is 5.72 Å². The molecular formula is C21H17N3O4. The lowest BCUT2D eigenvalue weighted by Crippen LogP contribution is -2.44. The van der Waals surface area contributed by atoms with Crippen LogP contribution in [0.25, 0.3) is 0 Å². The first-order valence-corrected chi connectivity index (χ1v) is 8.65. The zero-order chi connectivity index (χ0) is 19.9. The second-order valence-electron chi connectivity index (χ2n) is 6.63. The van der Waals surface area contributed by atoms with E-state index in [2.05, 4.69) is 0 Å². The van der Waals surface area contributed by atoms with E-state index in [-0.39, 0.29) is 29.4 Å². The molecular weight excluding hydrogens is 358 g/mol. The fourth-order valence-electron chi connectivity index (χ4n) is 3.59. The van der Waals surface area contributed by atoms with Gasteiger partial charge >= 0.3 is 0 Å². The Morgan fingerprint density at radius 3 is 2.43 bits per heavy atom. The van der Waals surface area contributed by atoms with E-state index in [0.29, 0.717) is 11.1 Å². The molecule has 3 N–H and O–H groups in total. The molecule has 1 amide bonds. The molecule has 7 nitrogen and oxygen atoms in total. The van der Waals surface area contributed by atoms with Crippen molar-refractivity contribution in [1.82, 2.24) is 4.90 Å². The van der Waals surface area contributed by atoms with Gasteiger partial charge in [0.2, 0.25) is 0 Å². The third-order valence-electron chi connectivity index (χ3n) is 4.98. The molecule has 0 aliphatic carbocycles. The van der Waals surface area contributed by atoms with Gasteiger partial charge in [0.25, 0.3) is 11.6 Å². The SMILES string of the molecule is Nc1ccc([C@@]2(O)c3ccccc3C(=O)N2Cc2ccccc2)cc1[N+](=O)[O-]. The van der Waals surface area contributed by atoms with E-state index in [0.717, 1.165) is 5.56 Å². The van der Waals surface area contributed by atoms with E-state index >= 15 is 0 Å². The molecule has 0 bridgehead atoms. The molecule has 0 saturated heterocycles. The number of aliphatic hydroxyl groups is 1. The molecule has 0 unspecified atom stereocenters. The topological polar surface area (TPSA) is 110 Å². The van der Waals surface area contributed by atoms with Crippen LogP contribution in [0.2, 0.25) is 0 Å². The number of hydrogen-bond acceptors (Lipinski definition) is 5. The maximum Gasteiger partial charge on any atom is 0.292 e. The van der Waals surface area contributed by atoms with Crippen molar-refractivity contribution in [2.24, 2.45) is 0 Å². The summed E-state index contributed by atoms with van der Waals surface area (Å²) in [6.45, 7) is 0.142. The minimum Gasteiger partial charge on any atom is -0.393 e. The van der Waals surface area contributed by atoms with E-state index < -0.39 is 10.6 Å². The number of benzene rings is 3. The number of amides is 1. The number of anilines is 1. The van der Waals surface area contributed by atoms with E-state index in [4.69, 9.17) is 5.73 Å². The number of rotatable bonds is 4. The van der Waals surface area contributed by atoms with Crippen LogP contribution in [0.1, 0.15) is 27.0 Å². The van der Waals surface area contributed by atoms with Crippen LogP contribution in [0.3, 0.4) is 0 Å². The molecule has 3 aromatic carbocycles. The van der Waals surface area contributed by atoms with Crippen LogP contribution in [0.4, 0.5) is 11.4 Å². The molecule has 1 aliphatic rings. The molecule has 28 heavy (non-hydrogen) atoms. The average Bonchev–Trinajstić information content (AvgIpc) is 2.92. The predicted octanol–water partition coefficient (Wildman–Crippen LogP) is 3.03. The molecule has 0 aromatic heterocycles. The van der Waals surface area contributed by atoms with Gasteiger partial charge in [-0.25, -0.2) is 0 Å². The molecule has 7 heteroatoms. The van der Waals surface area contributed by atoms with Crippen LogP contribution in [-0.4, -0.2) is 20.8 Å². The maximum atomic E-state index is 13.1. The zero-order valence-corrected chi connectivity index (χ0v) is 14.8. The minimum atomic E-state index is -1.85. The Morgan fingerprint density at radius 2 is 1.71 bits per heavy atom. The smallest absolute Gasteiger partial charge is 0.292 e. The van der Waals surface area contributed by atoms with Gasteiger partial charge in [-0.05, 0) is 17.7 Å². The number of nitrogens with zero attached hydrogens (tertiary/aromatic N) is 2. The molecule has 0 spiro atoms. The van der Waals surface area contributed by atoms with Crippen LogP contribution in [-0.2, 0) is 12.3 Å². The largest absolute Gasteiger partial charge is 0.393 e. The van der Waals surface area contributed by atoms with Crippen molar-refractivity contribution in [3.8, 4) is 0 Å². The Hall–Kier alpha value is -3.71. The van der Waals surface area contributed by atoms with Crippen LogP contribution in [0.15, 0.2) is 72.8 Å². The molecule has 0 saturated carbocycles. The van der Waals surface area contributed by atoms with Gasteiger partial charge in [-0.1, -0.05) is 54.6 Å². The normalized spacial score (nSPS) is 18.2. The Morgan fingerprint density at radius 1 is 1.04 bits per heavy atom. The summed E-state index contributed by atoms with van der Waals surface area (Å²) < 4.78 is 0. The first-order valence-electron chi connectivity index (χ1n) is 8.65. The van der Waals surface area contributed by atoms with Gasteiger partial charge in [0.05, 0.1) is 4.92 Å². The predicted molar refractivity (Wildman–Crippen MR) is 103 cm³/mol. The van der Waals surface area contributed by atoms with Crippen molar-refractivity contribution in [1.29, 1.82) is 0 Å². The third-order valence-corrected chi connectivity index (χ3v) is 4.98. The molecule has 1 aliphatic heterocycles. The molecule has 1 atom stereocenters. The number of carbonyl (C=O) groups is 1. The van der Waals surface area contributed by atoms with E-state index in [9.17, 15) is 20.0 Å². The van der Waals surface area contributed by atoms with Crippen molar-refractivity contribution in [3.63, 3.8) is 0 Å².